The standard InChI is InChI=1S/C23H17FO5S/c24-17-10-8-15(9-11-17)21-18(12-25)22-19(26)2-1-3-20(22)29-23(21)16-6-4-14(5-7-16)13-30(27)28/h1-12,18,26H,13H2,(H,27,28). The molecular formula is C23H17FO5S. The first kappa shape index (κ1) is 20.0. The van der Waals surface area contributed by atoms with Crippen LogP contribution in [0.3, 0.4) is 0 Å². The van der Waals surface area contributed by atoms with Crippen molar-refractivity contribution in [2.75, 3.05) is 0 Å². The third-order valence-electron chi connectivity index (χ3n) is 4.92. The van der Waals surface area contributed by atoms with Crippen molar-refractivity contribution in [1.29, 1.82) is 0 Å². The Kier molecular flexibility index (Phi) is 5.48. The van der Waals surface area contributed by atoms with E-state index in [1.54, 1.807) is 48.5 Å². The Balaban J connectivity index is 1.91. The summed E-state index contributed by atoms with van der Waals surface area (Å²) in [6, 6.07) is 17.3. The normalized spacial score (nSPS) is 16.5. The van der Waals surface area contributed by atoms with Gasteiger partial charge in [-0.15, -0.1) is 0 Å². The van der Waals surface area contributed by atoms with E-state index in [1.165, 1.54) is 18.2 Å². The summed E-state index contributed by atoms with van der Waals surface area (Å²) < 4.78 is 39.7. The van der Waals surface area contributed by atoms with E-state index in [9.17, 15) is 18.5 Å². The Morgan fingerprint density at radius 3 is 2.30 bits per heavy atom. The van der Waals surface area contributed by atoms with Gasteiger partial charge in [0.25, 0.3) is 0 Å². The molecule has 0 fully saturated rings. The Morgan fingerprint density at radius 2 is 1.67 bits per heavy atom. The lowest BCUT2D eigenvalue weighted by Crippen LogP contribution is -2.16. The van der Waals surface area contributed by atoms with Crippen LogP contribution in [-0.4, -0.2) is 20.2 Å². The number of phenols is 1. The molecule has 3 aromatic rings. The first-order valence-electron chi connectivity index (χ1n) is 9.10. The third kappa shape index (κ3) is 3.77. The summed E-state index contributed by atoms with van der Waals surface area (Å²) in [5.74, 6) is -0.547. The second-order valence-electron chi connectivity index (χ2n) is 6.82. The molecule has 0 amide bonds. The number of fused-ring (bicyclic) bond motifs is 1. The number of halogens is 1. The number of carbonyl (C=O) groups excluding carboxylic acids is 1. The number of phenolic OH excluding ortho intramolecular Hbond substituents is 1. The lowest BCUT2D eigenvalue weighted by Gasteiger charge is -2.29. The average Bonchev–Trinajstić information content (AvgIpc) is 2.73. The van der Waals surface area contributed by atoms with Crippen molar-refractivity contribution >= 4 is 28.7 Å². The molecule has 4 rings (SSSR count). The summed E-state index contributed by atoms with van der Waals surface area (Å²) in [6.45, 7) is 0. The maximum Gasteiger partial charge on any atom is 0.157 e. The van der Waals surface area contributed by atoms with Crippen molar-refractivity contribution in [3.8, 4) is 11.5 Å². The predicted molar refractivity (Wildman–Crippen MR) is 112 cm³/mol. The summed E-state index contributed by atoms with van der Waals surface area (Å²) in [4.78, 5) is 12.1. The molecule has 0 saturated carbocycles. The molecule has 0 spiro atoms. The second kappa shape index (κ2) is 8.22. The molecule has 3 aromatic carbocycles. The van der Waals surface area contributed by atoms with E-state index in [2.05, 4.69) is 0 Å². The molecule has 0 radical (unpaired) electrons. The summed E-state index contributed by atoms with van der Waals surface area (Å²) in [6.07, 6.45) is 0.725. The summed E-state index contributed by atoms with van der Waals surface area (Å²) in [7, 11) is 0. The lowest BCUT2D eigenvalue weighted by atomic mass is 9.83. The van der Waals surface area contributed by atoms with E-state index in [1.807, 2.05) is 0 Å². The van der Waals surface area contributed by atoms with E-state index in [4.69, 9.17) is 9.29 Å². The maximum atomic E-state index is 13.5. The lowest BCUT2D eigenvalue weighted by molar-refractivity contribution is -0.108. The van der Waals surface area contributed by atoms with E-state index in [-0.39, 0.29) is 11.5 Å². The average molecular weight is 424 g/mol. The number of hydrogen-bond acceptors (Lipinski definition) is 4. The van der Waals surface area contributed by atoms with Gasteiger partial charge in [0.2, 0.25) is 0 Å². The number of rotatable bonds is 5. The van der Waals surface area contributed by atoms with E-state index < -0.39 is 22.8 Å². The Labute approximate surface area is 174 Å². The summed E-state index contributed by atoms with van der Waals surface area (Å²) >= 11 is -1.96. The molecule has 2 N–H and O–H groups in total. The number of hydrogen-bond donors (Lipinski definition) is 2. The number of aromatic hydroxyl groups is 1. The Bertz CT molecular complexity index is 1150. The molecule has 1 aliphatic rings. The zero-order valence-electron chi connectivity index (χ0n) is 15.6. The molecule has 0 aliphatic carbocycles. The predicted octanol–water partition coefficient (Wildman–Crippen LogP) is 4.50. The minimum absolute atomic E-state index is 0.00132. The van der Waals surface area contributed by atoms with Gasteiger partial charge in [0, 0.05) is 11.1 Å². The fourth-order valence-corrected chi connectivity index (χ4v) is 4.05. The van der Waals surface area contributed by atoms with Crippen LogP contribution in [0.15, 0.2) is 66.7 Å². The second-order valence-corrected chi connectivity index (χ2v) is 7.75. The van der Waals surface area contributed by atoms with Crippen LogP contribution in [0.2, 0.25) is 0 Å². The fraction of sp³-hybridized carbons (Fsp3) is 0.0870. The van der Waals surface area contributed by atoms with Gasteiger partial charge in [0.15, 0.2) is 11.1 Å². The largest absolute Gasteiger partial charge is 0.507 e. The molecule has 0 saturated heterocycles. The van der Waals surface area contributed by atoms with Gasteiger partial charge >= 0.3 is 0 Å². The van der Waals surface area contributed by atoms with Crippen LogP contribution in [0.25, 0.3) is 11.3 Å². The van der Waals surface area contributed by atoms with Crippen LogP contribution in [-0.2, 0) is 21.6 Å². The van der Waals surface area contributed by atoms with Gasteiger partial charge < -0.3 is 19.2 Å². The van der Waals surface area contributed by atoms with Crippen LogP contribution < -0.4 is 4.74 Å². The minimum Gasteiger partial charge on any atom is -0.507 e. The Morgan fingerprint density at radius 1 is 1.00 bits per heavy atom. The molecule has 5 nitrogen and oxygen atoms in total. The van der Waals surface area contributed by atoms with Crippen molar-refractivity contribution < 1.29 is 27.8 Å². The molecule has 30 heavy (non-hydrogen) atoms. The SMILES string of the molecule is O=CC1C(c2ccc(F)cc2)=C(c2ccc(CS(=O)O)cc2)Oc2cccc(O)c21. The first-order chi connectivity index (χ1) is 14.5. The highest BCUT2D eigenvalue weighted by Gasteiger charge is 2.33. The van der Waals surface area contributed by atoms with Gasteiger partial charge in [-0.2, -0.15) is 0 Å². The van der Waals surface area contributed by atoms with Crippen LogP contribution in [0.1, 0.15) is 28.2 Å². The number of ether oxygens (including phenoxy) is 1. The number of allylic oxidation sites excluding steroid dienone is 1. The molecule has 2 unspecified atom stereocenters. The maximum absolute atomic E-state index is 13.5. The fourth-order valence-electron chi connectivity index (χ4n) is 3.57. The smallest absolute Gasteiger partial charge is 0.157 e. The first-order valence-corrected chi connectivity index (χ1v) is 10.4. The monoisotopic (exact) mass is 424 g/mol. The van der Waals surface area contributed by atoms with Gasteiger partial charge in [0.1, 0.15) is 29.4 Å². The summed E-state index contributed by atoms with van der Waals surface area (Å²) in [5.41, 5.74) is 2.74. The molecule has 1 heterocycles. The van der Waals surface area contributed by atoms with Crippen LogP contribution in [0.5, 0.6) is 11.5 Å². The topological polar surface area (TPSA) is 83.8 Å². The van der Waals surface area contributed by atoms with E-state index in [0.717, 1.165) is 6.29 Å². The van der Waals surface area contributed by atoms with Crippen LogP contribution >= 0.6 is 0 Å². The molecule has 0 bridgehead atoms. The van der Waals surface area contributed by atoms with Crippen molar-refractivity contribution in [2.45, 2.75) is 11.7 Å². The molecule has 1 aliphatic heterocycles. The van der Waals surface area contributed by atoms with E-state index >= 15 is 0 Å². The number of aldehydes is 1. The highest BCUT2D eigenvalue weighted by atomic mass is 32.2. The van der Waals surface area contributed by atoms with Gasteiger partial charge in [-0.1, -0.05) is 42.5 Å². The third-order valence-corrected chi connectivity index (χ3v) is 5.50. The molecule has 2 atom stereocenters. The quantitative estimate of drug-likeness (QED) is 0.466. The van der Waals surface area contributed by atoms with Crippen molar-refractivity contribution in [3.05, 3.63) is 94.8 Å². The molecule has 7 heteroatoms. The molecule has 0 aromatic heterocycles. The molecular weight excluding hydrogens is 407 g/mol. The Hall–Kier alpha value is -3.29. The van der Waals surface area contributed by atoms with Gasteiger partial charge in [-0.25, -0.2) is 8.60 Å². The van der Waals surface area contributed by atoms with Crippen LogP contribution in [0, 0.1) is 5.82 Å². The van der Waals surface area contributed by atoms with Gasteiger partial charge in [-0.3, -0.25) is 0 Å². The highest BCUT2D eigenvalue weighted by Crippen LogP contribution is 2.48. The van der Waals surface area contributed by atoms with Gasteiger partial charge in [-0.05, 0) is 35.4 Å². The number of benzene rings is 3. The zero-order chi connectivity index (χ0) is 21.3. The van der Waals surface area contributed by atoms with E-state index in [0.29, 0.717) is 39.3 Å². The van der Waals surface area contributed by atoms with Crippen molar-refractivity contribution in [1.82, 2.24) is 0 Å². The minimum atomic E-state index is -1.96. The van der Waals surface area contributed by atoms with Crippen LogP contribution in [0.4, 0.5) is 4.39 Å². The van der Waals surface area contributed by atoms with Crippen molar-refractivity contribution in [3.63, 3.8) is 0 Å². The number of carbonyl (C=O) groups is 1. The van der Waals surface area contributed by atoms with Gasteiger partial charge in [0.05, 0.1) is 17.2 Å². The summed E-state index contributed by atoms with van der Waals surface area (Å²) in [5, 5.41) is 10.4. The molecule has 152 valence electrons. The zero-order valence-corrected chi connectivity index (χ0v) is 16.4. The van der Waals surface area contributed by atoms with Crippen molar-refractivity contribution in [2.24, 2.45) is 0 Å². The highest BCUT2D eigenvalue weighted by molar-refractivity contribution is 7.78.